The first-order chi connectivity index (χ1) is 13.0. The van der Waals surface area contributed by atoms with Crippen molar-refractivity contribution in [3.05, 3.63) is 67.0 Å². The number of hydrogen-bond donors (Lipinski definition) is 0. The summed E-state index contributed by atoms with van der Waals surface area (Å²) in [7, 11) is 0. The van der Waals surface area contributed by atoms with Gasteiger partial charge in [-0.3, -0.25) is 0 Å². The van der Waals surface area contributed by atoms with Crippen LogP contribution in [0.3, 0.4) is 0 Å². The summed E-state index contributed by atoms with van der Waals surface area (Å²) in [6, 6.07) is 22.0. The van der Waals surface area contributed by atoms with Gasteiger partial charge in [0.05, 0.1) is 0 Å². The molecule has 0 unspecified atom stereocenters. The van der Waals surface area contributed by atoms with Crippen LogP contribution in [-0.4, -0.2) is 23.2 Å². The predicted octanol–water partition coefficient (Wildman–Crippen LogP) is 6.21. The molecule has 0 fully saturated rings. The van der Waals surface area contributed by atoms with Crippen molar-refractivity contribution < 1.29 is 0 Å². The Bertz CT molecular complexity index is 1310. The van der Waals surface area contributed by atoms with E-state index >= 15 is 0 Å². The van der Waals surface area contributed by atoms with Crippen LogP contribution in [-0.2, 0) is 0 Å². The molecule has 132 valence electrons. The van der Waals surface area contributed by atoms with E-state index in [1.54, 1.807) is 6.33 Å². The van der Waals surface area contributed by atoms with E-state index in [2.05, 4.69) is 82.9 Å². The van der Waals surface area contributed by atoms with Crippen molar-refractivity contribution in [3.8, 4) is 11.3 Å². The average Bonchev–Trinajstić information content (AvgIpc) is 3.05. The van der Waals surface area contributed by atoms with E-state index in [0.717, 1.165) is 16.6 Å². The van der Waals surface area contributed by atoms with Crippen LogP contribution in [0.25, 0.3) is 42.3 Å². The van der Waals surface area contributed by atoms with Gasteiger partial charge >= 0.3 is 166 Å². The number of benzene rings is 3. The maximum atomic E-state index is 4.70. The fourth-order valence-electron chi connectivity index (χ4n) is 3.67. The number of hydrogen-bond acceptors (Lipinski definition) is 3. The van der Waals surface area contributed by atoms with Crippen LogP contribution in [0.1, 0.15) is 0 Å². The van der Waals surface area contributed by atoms with E-state index in [-0.39, 0.29) is 0 Å². The first-order valence-corrected chi connectivity index (χ1v) is 17.3. The van der Waals surface area contributed by atoms with E-state index in [1.165, 1.54) is 30.1 Å². The molecule has 0 amide bonds. The first-order valence-electron chi connectivity index (χ1n) is 9.18. The van der Waals surface area contributed by atoms with E-state index in [0.29, 0.717) is 0 Å². The molecule has 0 radical (unpaired) electrons. The van der Waals surface area contributed by atoms with Crippen molar-refractivity contribution in [3.63, 3.8) is 0 Å². The second-order valence-corrected chi connectivity index (χ2v) is 19.7. The number of thiophene rings is 1. The normalized spacial score (nSPS) is 12.3. The van der Waals surface area contributed by atoms with Crippen LogP contribution in [0.15, 0.2) is 67.0 Å². The molecule has 2 aromatic heterocycles. The number of rotatable bonds is 2. The Morgan fingerprint density at radius 2 is 1.59 bits per heavy atom. The Morgan fingerprint density at radius 3 is 2.44 bits per heavy atom. The average molecular weight is 429 g/mol. The molecular formula is C23H20GeN2S. The van der Waals surface area contributed by atoms with Crippen molar-refractivity contribution >= 4 is 60.1 Å². The molecule has 5 rings (SSSR count). The third kappa shape index (κ3) is 2.77. The van der Waals surface area contributed by atoms with Crippen molar-refractivity contribution in [1.82, 2.24) is 9.97 Å². The molecule has 0 spiro atoms. The monoisotopic (exact) mass is 430 g/mol. The van der Waals surface area contributed by atoms with Crippen LogP contribution in [0, 0.1) is 0 Å². The molecule has 5 aromatic rings. The molecule has 0 N–H and O–H groups in total. The van der Waals surface area contributed by atoms with Gasteiger partial charge < -0.3 is 0 Å². The summed E-state index contributed by atoms with van der Waals surface area (Å²) in [6.07, 6.45) is 1.71. The Morgan fingerprint density at radius 1 is 0.778 bits per heavy atom. The van der Waals surface area contributed by atoms with Crippen LogP contribution >= 0.6 is 11.3 Å². The van der Waals surface area contributed by atoms with Gasteiger partial charge in [0.2, 0.25) is 0 Å². The van der Waals surface area contributed by atoms with Gasteiger partial charge in [-0.1, -0.05) is 0 Å². The van der Waals surface area contributed by atoms with E-state index in [1.807, 2.05) is 11.3 Å². The van der Waals surface area contributed by atoms with Gasteiger partial charge in [-0.25, -0.2) is 0 Å². The van der Waals surface area contributed by atoms with Gasteiger partial charge in [-0.2, -0.15) is 0 Å². The van der Waals surface area contributed by atoms with Crippen LogP contribution in [0.4, 0.5) is 0 Å². The van der Waals surface area contributed by atoms with E-state index < -0.39 is 13.3 Å². The zero-order valence-electron chi connectivity index (χ0n) is 15.7. The fourth-order valence-corrected chi connectivity index (χ4v) is 7.31. The molecule has 0 aliphatic rings. The molecule has 0 saturated carbocycles. The zero-order valence-corrected chi connectivity index (χ0v) is 18.6. The summed E-state index contributed by atoms with van der Waals surface area (Å²) >= 11 is -0.0393. The summed E-state index contributed by atoms with van der Waals surface area (Å²) < 4.78 is 4.10. The van der Waals surface area contributed by atoms with Crippen molar-refractivity contribution in [1.29, 1.82) is 0 Å². The summed E-state index contributed by atoms with van der Waals surface area (Å²) in [4.78, 5) is 9.29. The van der Waals surface area contributed by atoms with Crippen LogP contribution < -0.4 is 4.40 Å². The van der Waals surface area contributed by atoms with Gasteiger partial charge in [-0.15, -0.1) is 0 Å². The molecule has 0 atom stereocenters. The Kier molecular flexibility index (Phi) is 3.85. The van der Waals surface area contributed by atoms with Gasteiger partial charge in [0.1, 0.15) is 0 Å². The van der Waals surface area contributed by atoms with E-state index in [9.17, 15) is 0 Å². The summed E-state index contributed by atoms with van der Waals surface area (Å²) in [6.45, 7) is 0. The molecule has 4 heteroatoms. The molecule has 0 bridgehead atoms. The van der Waals surface area contributed by atoms with Gasteiger partial charge in [0.25, 0.3) is 0 Å². The third-order valence-corrected chi connectivity index (χ3v) is 10.7. The SMILES string of the molecule is [CH3][Ge]([CH3])([CH3])[c]1ccc2c(-c3cccc4c3sc3ccccc34)ncnc2c1. The molecule has 3 aromatic carbocycles. The predicted molar refractivity (Wildman–Crippen MR) is 121 cm³/mol. The molecular weight excluding hydrogens is 409 g/mol. The van der Waals surface area contributed by atoms with Crippen molar-refractivity contribution in [2.45, 2.75) is 17.3 Å². The molecule has 2 heterocycles. The minimum atomic E-state index is -1.89. The van der Waals surface area contributed by atoms with Crippen LogP contribution in [0.5, 0.6) is 0 Å². The first kappa shape index (κ1) is 16.9. The second kappa shape index (κ2) is 6.14. The van der Waals surface area contributed by atoms with Gasteiger partial charge in [-0.05, 0) is 0 Å². The summed E-state index contributed by atoms with van der Waals surface area (Å²) in [5.74, 6) is 7.25. The van der Waals surface area contributed by atoms with Crippen molar-refractivity contribution in [2.75, 3.05) is 0 Å². The molecule has 0 saturated heterocycles. The zero-order chi connectivity index (χ0) is 18.6. The summed E-state index contributed by atoms with van der Waals surface area (Å²) in [5, 5.41) is 3.76. The number of fused-ring (bicyclic) bond motifs is 4. The topological polar surface area (TPSA) is 25.8 Å². The van der Waals surface area contributed by atoms with Crippen LogP contribution in [0.2, 0.25) is 17.3 Å². The molecule has 0 aliphatic heterocycles. The molecule has 2 nitrogen and oxygen atoms in total. The number of aromatic nitrogens is 2. The molecule has 0 aliphatic carbocycles. The maximum absolute atomic E-state index is 4.70. The Labute approximate surface area is 165 Å². The van der Waals surface area contributed by atoms with Gasteiger partial charge in [0.15, 0.2) is 0 Å². The molecule has 27 heavy (non-hydrogen) atoms. The number of nitrogens with zero attached hydrogens (tertiary/aromatic N) is 2. The quantitative estimate of drug-likeness (QED) is 0.312. The van der Waals surface area contributed by atoms with E-state index in [4.69, 9.17) is 4.98 Å². The minimum absolute atomic E-state index is 1.03. The second-order valence-electron chi connectivity index (χ2n) is 7.98. The fraction of sp³-hybridized carbons (Fsp3) is 0.130. The standard InChI is InChI=1S/C23H20GeN2S/c1-24(2,3)15-11-12-18-20(13-15)25-14-26-22(18)19-9-6-8-17-16-7-4-5-10-21(16)27-23(17)19/h4-14H,1-3H3. The van der Waals surface area contributed by atoms with Gasteiger partial charge in [0, 0.05) is 0 Å². The van der Waals surface area contributed by atoms with Crippen molar-refractivity contribution in [2.24, 2.45) is 0 Å². The third-order valence-electron chi connectivity index (χ3n) is 5.16. The Balaban J connectivity index is 1.81. The Hall–Kier alpha value is -2.24. The summed E-state index contributed by atoms with van der Waals surface area (Å²) in [5.41, 5.74) is 3.28.